The zero-order valence-electron chi connectivity index (χ0n) is 8.64. The fourth-order valence-electron chi connectivity index (χ4n) is 1.36. The molecule has 6 heteroatoms. The van der Waals surface area contributed by atoms with E-state index in [0.717, 1.165) is 6.20 Å². The van der Waals surface area contributed by atoms with Crippen molar-refractivity contribution in [3.8, 4) is 11.3 Å². The molecule has 1 aromatic carbocycles. The summed E-state index contributed by atoms with van der Waals surface area (Å²) in [5.41, 5.74) is -0.511. The number of aryl methyl sites for hydroxylation is 1. The molecule has 17 heavy (non-hydrogen) atoms. The number of halogens is 4. The molecule has 0 atom stereocenters. The Morgan fingerprint density at radius 1 is 1.12 bits per heavy atom. The van der Waals surface area contributed by atoms with Crippen molar-refractivity contribution in [3.63, 3.8) is 0 Å². The van der Waals surface area contributed by atoms with Gasteiger partial charge in [-0.2, -0.15) is 0 Å². The summed E-state index contributed by atoms with van der Waals surface area (Å²) in [5, 5.41) is -0.234. The maximum Gasteiger partial charge on any atom is 0.223 e. The van der Waals surface area contributed by atoms with E-state index in [2.05, 4.69) is 9.97 Å². The van der Waals surface area contributed by atoms with Gasteiger partial charge in [-0.1, -0.05) is 6.07 Å². The van der Waals surface area contributed by atoms with Gasteiger partial charge in [-0.05, 0) is 30.2 Å². The standard InChI is InChI=1S/C11H6ClF3N2/c1-5-2-3-6(9(15)8(5)14)10-7(13)4-16-11(12)17-10/h2-4H,1H3. The minimum Gasteiger partial charge on any atom is -0.223 e. The van der Waals surface area contributed by atoms with Gasteiger partial charge < -0.3 is 0 Å². The highest BCUT2D eigenvalue weighted by molar-refractivity contribution is 6.28. The smallest absolute Gasteiger partial charge is 0.223 e. The largest absolute Gasteiger partial charge is 0.223 e. The number of rotatable bonds is 1. The van der Waals surface area contributed by atoms with Gasteiger partial charge in [0.2, 0.25) is 5.28 Å². The predicted molar refractivity (Wildman–Crippen MR) is 57.1 cm³/mol. The molecule has 2 aromatic rings. The highest BCUT2D eigenvalue weighted by Gasteiger charge is 2.17. The summed E-state index contributed by atoms with van der Waals surface area (Å²) in [6, 6.07) is 2.58. The minimum absolute atomic E-state index is 0.131. The molecule has 0 aliphatic carbocycles. The highest BCUT2D eigenvalue weighted by Crippen LogP contribution is 2.27. The van der Waals surface area contributed by atoms with Crippen LogP contribution in [0.15, 0.2) is 18.3 Å². The average Bonchev–Trinajstić information content (AvgIpc) is 2.30. The lowest BCUT2D eigenvalue weighted by Gasteiger charge is -2.06. The van der Waals surface area contributed by atoms with Crippen LogP contribution >= 0.6 is 11.6 Å². The second kappa shape index (κ2) is 4.33. The van der Waals surface area contributed by atoms with Crippen molar-refractivity contribution < 1.29 is 13.2 Å². The van der Waals surface area contributed by atoms with Crippen molar-refractivity contribution in [1.29, 1.82) is 0 Å². The highest BCUT2D eigenvalue weighted by atomic mass is 35.5. The molecule has 0 aliphatic heterocycles. The van der Waals surface area contributed by atoms with Gasteiger partial charge in [0.1, 0.15) is 5.69 Å². The Kier molecular flexibility index (Phi) is 3.02. The Bertz CT molecular complexity index is 587. The van der Waals surface area contributed by atoms with Crippen LogP contribution in [0.25, 0.3) is 11.3 Å². The van der Waals surface area contributed by atoms with Crippen molar-refractivity contribution in [1.82, 2.24) is 9.97 Å². The fraction of sp³-hybridized carbons (Fsp3) is 0.0909. The number of hydrogen-bond donors (Lipinski definition) is 0. The molecule has 0 saturated carbocycles. The van der Waals surface area contributed by atoms with Crippen LogP contribution in [0.1, 0.15) is 5.56 Å². The Hall–Kier alpha value is -1.62. The van der Waals surface area contributed by atoms with Crippen LogP contribution in [0.4, 0.5) is 13.2 Å². The van der Waals surface area contributed by atoms with E-state index in [1.54, 1.807) is 0 Å². The van der Waals surface area contributed by atoms with E-state index >= 15 is 0 Å². The van der Waals surface area contributed by atoms with Gasteiger partial charge in [-0.15, -0.1) is 0 Å². The summed E-state index contributed by atoms with van der Waals surface area (Å²) in [6.45, 7) is 1.41. The maximum atomic E-state index is 13.6. The first-order valence-corrected chi connectivity index (χ1v) is 5.01. The number of hydrogen-bond acceptors (Lipinski definition) is 2. The van der Waals surface area contributed by atoms with Crippen LogP contribution in [0.5, 0.6) is 0 Å². The summed E-state index contributed by atoms with van der Waals surface area (Å²) in [4.78, 5) is 6.94. The van der Waals surface area contributed by atoms with Crippen LogP contribution in [-0.4, -0.2) is 9.97 Å². The van der Waals surface area contributed by atoms with Crippen LogP contribution in [-0.2, 0) is 0 Å². The normalized spacial score (nSPS) is 10.6. The second-order valence-corrected chi connectivity index (χ2v) is 3.73. The molecule has 0 bridgehead atoms. The summed E-state index contributed by atoms with van der Waals surface area (Å²) in [7, 11) is 0. The van der Waals surface area contributed by atoms with Crippen molar-refractivity contribution in [2.45, 2.75) is 6.92 Å². The number of aromatic nitrogens is 2. The zero-order valence-corrected chi connectivity index (χ0v) is 9.39. The first-order valence-electron chi connectivity index (χ1n) is 4.63. The van der Waals surface area contributed by atoms with Gasteiger partial charge in [0.15, 0.2) is 17.5 Å². The Balaban J connectivity index is 2.69. The van der Waals surface area contributed by atoms with Crippen molar-refractivity contribution in [2.75, 3.05) is 0 Å². The van der Waals surface area contributed by atoms with E-state index in [1.807, 2.05) is 0 Å². The molecule has 0 fully saturated rings. The van der Waals surface area contributed by atoms with Gasteiger partial charge in [0.25, 0.3) is 0 Å². The molecule has 2 nitrogen and oxygen atoms in total. The number of nitrogens with zero attached hydrogens (tertiary/aromatic N) is 2. The zero-order chi connectivity index (χ0) is 12.6. The van der Waals surface area contributed by atoms with Crippen molar-refractivity contribution in [3.05, 3.63) is 46.6 Å². The molecule has 2 rings (SSSR count). The summed E-state index contributed by atoms with van der Waals surface area (Å²) < 4.78 is 40.3. The van der Waals surface area contributed by atoms with Crippen LogP contribution < -0.4 is 0 Å². The average molecular weight is 259 g/mol. The maximum absolute atomic E-state index is 13.6. The molecule has 0 aliphatic rings. The lowest BCUT2D eigenvalue weighted by atomic mass is 10.1. The molecule has 0 amide bonds. The molecule has 0 radical (unpaired) electrons. The molecule has 0 unspecified atom stereocenters. The Morgan fingerprint density at radius 2 is 1.82 bits per heavy atom. The second-order valence-electron chi connectivity index (χ2n) is 3.39. The predicted octanol–water partition coefficient (Wildman–Crippen LogP) is 3.52. The third-order valence-electron chi connectivity index (χ3n) is 2.25. The van der Waals surface area contributed by atoms with E-state index in [0.29, 0.717) is 0 Å². The quantitative estimate of drug-likeness (QED) is 0.732. The van der Waals surface area contributed by atoms with Crippen LogP contribution in [0.3, 0.4) is 0 Å². The first kappa shape index (κ1) is 11.9. The molecular formula is C11H6ClF3N2. The lowest BCUT2D eigenvalue weighted by Crippen LogP contribution is -1.98. The van der Waals surface area contributed by atoms with Crippen LogP contribution in [0.2, 0.25) is 5.28 Å². The summed E-state index contributed by atoms with van der Waals surface area (Å²) in [5.74, 6) is -3.05. The summed E-state index contributed by atoms with van der Waals surface area (Å²) in [6.07, 6.45) is 0.807. The van der Waals surface area contributed by atoms with E-state index in [4.69, 9.17) is 11.6 Å². The van der Waals surface area contributed by atoms with E-state index in [1.165, 1.54) is 19.1 Å². The molecular weight excluding hydrogens is 253 g/mol. The Labute approximate surface area is 100 Å². The molecule has 88 valence electrons. The van der Waals surface area contributed by atoms with Gasteiger partial charge >= 0.3 is 0 Å². The summed E-state index contributed by atoms with van der Waals surface area (Å²) >= 11 is 5.49. The monoisotopic (exact) mass is 258 g/mol. The van der Waals surface area contributed by atoms with Crippen LogP contribution in [0, 0.1) is 24.4 Å². The first-order chi connectivity index (χ1) is 8.00. The third-order valence-corrected chi connectivity index (χ3v) is 2.43. The van der Waals surface area contributed by atoms with E-state index in [-0.39, 0.29) is 22.1 Å². The Morgan fingerprint density at radius 3 is 2.53 bits per heavy atom. The number of benzene rings is 1. The SMILES string of the molecule is Cc1ccc(-c2nc(Cl)ncc2F)c(F)c1F. The third kappa shape index (κ3) is 2.10. The van der Waals surface area contributed by atoms with Gasteiger partial charge in [-0.3, -0.25) is 0 Å². The molecule has 0 N–H and O–H groups in total. The van der Waals surface area contributed by atoms with Gasteiger partial charge in [0, 0.05) is 5.56 Å². The lowest BCUT2D eigenvalue weighted by molar-refractivity contribution is 0.504. The molecule has 0 saturated heterocycles. The molecule has 1 heterocycles. The van der Waals surface area contributed by atoms with Gasteiger partial charge in [-0.25, -0.2) is 23.1 Å². The van der Waals surface area contributed by atoms with Gasteiger partial charge in [0.05, 0.1) is 6.20 Å². The van der Waals surface area contributed by atoms with E-state index in [9.17, 15) is 13.2 Å². The topological polar surface area (TPSA) is 25.8 Å². The molecule has 0 spiro atoms. The minimum atomic E-state index is -1.15. The fourth-order valence-corrected chi connectivity index (χ4v) is 1.50. The van der Waals surface area contributed by atoms with Crippen molar-refractivity contribution in [2.24, 2.45) is 0 Å². The van der Waals surface area contributed by atoms with Crippen molar-refractivity contribution >= 4 is 11.6 Å². The van der Waals surface area contributed by atoms with E-state index < -0.39 is 17.5 Å². The molecule has 1 aromatic heterocycles.